The van der Waals surface area contributed by atoms with Gasteiger partial charge in [-0.2, -0.15) is 11.8 Å². The monoisotopic (exact) mass is 552 g/mol. The summed E-state index contributed by atoms with van der Waals surface area (Å²) in [5.41, 5.74) is 17.2. The lowest BCUT2D eigenvalue weighted by molar-refractivity contribution is -0.142. The van der Waals surface area contributed by atoms with Crippen LogP contribution in [0.2, 0.25) is 0 Å². The van der Waals surface area contributed by atoms with Crippen LogP contribution in [0.3, 0.4) is 0 Å². The average molecular weight is 553 g/mol. The molecule has 10 N–H and O–H groups in total. The van der Waals surface area contributed by atoms with E-state index in [0.717, 1.165) is 5.56 Å². The van der Waals surface area contributed by atoms with Gasteiger partial charge in [0, 0.05) is 12.8 Å². The van der Waals surface area contributed by atoms with E-state index in [2.05, 4.69) is 16.0 Å². The molecule has 13 heteroatoms. The predicted molar refractivity (Wildman–Crippen MR) is 146 cm³/mol. The highest BCUT2D eigenvalue weighted by molar-refractivity contribution is 7.98. The van der Waals surface area contributed by atoms with Crippen LogP contribution in [-0.4, -0.2) is 77.4 Å². The Labute approximate surface area is 227 Å². The molecule has 0 aliphatic rings. The van der Waals surface area contributed by atoms with E-state index in [9.17, 15) is 29.1 Å². The van der Waals surface area contributed by atoms with Gasteiger partial charge in [0.1, 0.15) is 18.1 Å². The molecule has 12 nitrogen and oxygen atoms in total. The Balaban J connectivity index is 2.96. The number of carbonyl (C=O) groups is 5. The van der Waals surface area contributed by atoms with Crippen LogP contribution in [0.5, 0.6) is 0 Å². The number of amides is 4. The lowest BCUT2D eigenvalue weighted by Gasteiger charge is -2.25. The van der Waals surface area contributed by atoms with Gasteiger partial charge in [0.15, 0.2) is 0 Å². The molecule has 1 rings (SSSR count). The summed E-state index contributed by atoms with van der Waals surface area (Å²) in [4.78, 5) is 61.6. The Bertz CT molecular complexity index is 919. The molecule has 0 fully saturated rings. The Morgan fingerprint density at radius 1 is 0.868 bits per heavy atom. The van der Waals surface area contributed by atoms with Crippen LogP contribution < -0.4 is 33.2 Å². The van der Waals surface area contributed by atoms with Crippen molar-refractivity contribution in [2.45, 2.75) is 69.1 Å². The SMILES string of the molecule is CSCCC(NC(=O)C(CCCCN)NC(=O)C(N)CCC(N)=O)C(=O)NC(Cc1ccccc1)C(=O)O. The van der Waals surface area contributed by atoms with E-state index < -0.39 is 53.8 Å². The molecule has 0 aliphatic heterocycles. The molecule has 0 aliphatic carbocycles. The Hall–Kier alpha value is -3.16. The van der Waals surface area contributed by atoms with E-state index in [4.69, 9.17) is 17.2 Å². The number of hydrogen-bond acceptors (Lipinski definition) is 8. The first kappa shape index (κ1) is 32.9. The summed E-state index contributed by atoms with van der Waals surface area (Å²) >= 11 is 1.46. The highest BCUT2D eigenvalue weighted by Gasteiger charge is 2.30. The number of unbranched alkanes of at least 4 members (excludes halogenated alkanes) is 1. The van der Waals surface area contributed by atoms with Crippen molar-refractivity contribution in [2.24, 2.45) is 17.2 Å². The number of rotatable bonds is 19. The quantitative estimate of drug-likeness (QED) is 0.107. The number of aliphatic carboxylic acids is 1. The van der Waals surface area contributed by atoms with Crippen molar-refractivity contribution in [3.8, 4) is 0 Å². The lowest BCUT2D eigenvalue weighted by atomic mass is 10.0. The molecular formula is C25H40N6O6S. The Morgan fingerprint density at radius 2 is 1.45 bits per heavy atom. The smallest absolute Gasteiger partial charge is 0.326 e. The molecule has 0 saturated heterocycles. The zero-order valence-electron chi connectivity index (χ0n) is 21.7. The number of benzene rings is 1. The van der Waals surface area contributed by atoms with E-state index in [1.165, 1.54) is 11.8 Å². The maximum Gasteiger partial charge on any atom is 0.326 e. The number of carboxylic acids is 1. The van der Waals surface area contributed by atoms with Gasteiger partial charge in [-0.1, -0.05) is 30.3 Å². The van der Waals surface area contributed by atoms with E-state index in [1.54, 1.807) is 30.3 Å². The molecule has 0 bridgehead atoms. The van der Waals surface area contributed by atoms with E-state index >= 15 is 0 Å². The number of thioether (sulfide) groups is 1. The molecule has 0 aromatic heterocycles. The second-order valence-corrected chi connectivity index (χ2v) is 9.87. The number of carboxylic acid groups (broad SMARTS) is 1. The van der Waals surface area contributed by atoms with Crippen molar-refractivity contribution in [1.29, 1.82) is 0 Å². The second kappa shape index (κ2) is 18.2. The first-order valence-electron chi connectivity index (χ1n) is 12.5. The first-order valence-corrected chi connectivity index (χ1v) is 13.9. The zero-order valence-corrected chi connectivity index (χ0v) is 22.5. The fourth-order valence-electron chi connectivity index (χ4n) is 3.57. The molecule has 38 heavy (non-hydrogen) atoms. The topological polar surface area (TPSA) is 220 Å². The molecule has 0 saturated carbocycles. The Morgan fingerprint density at radius 3 is 2.00 bits per heavy atom. The highest BCUT2D eigenvalue weighted by atomic mass is 32.2. The molecule has 212 valence electrons. The standard InChI is InChI=1S/C25H40N6O6S/c1-38-14-12-19(24(35)31-20(25(36)37)15-16-7-3-2-4-8-16)30-23(34)18(9-5-6-13-26)29-22(33)17(27)10-11-21(28)32/h2-4,7-8,17-20H,5-6,9-15,26-27H2,1H3,(H2,28,32)(H,29,33)(H,30,34)(H,31,35)(H,36,37). The summed E-state index contributed by atoms with van der Waals surface area (Å²) in [5, 5.41) is 17.4. The number of nitrogens with one attached hydrogen (secondary N) is 3. The molecule has 0 spiro atoms. The van der Waals surface area contributed by atoms with Crippen molar-refractivity contribution >= 4 is 41.4 Å². The van der Waals surface area contributed by atoms with Gasteiger partial charge in [0.25, 0.3) is 0 Å². The summed E-state index contributed by atoms with van der Waals surface area (Å²) in [6.45, 7) is 0.400. The minimum Gasteiger partial charge on any atom is -0.480 e. The van der Waals surface area contributed by atoms with Gasteiger partial charge in [0.2, 0.25) is 23.6 Å². The highest BCUT2D eigenvalue weighted by Crippen LogP contribution is 2.08. The van der Waals surface area contributed by atoms with Crippen LogP contribution in [-0.2, 0) is 30.4 Å². The van der Waals surface area contributed by atoms with Crippen molar-refractivity contribution in [3.05, 3.63) is 35.9 Å². The normalized spacial score (nSPS) is 14.0. The van der Waals surface area contributed by atoms with Crippen molar-refractivity contribution in [2.75, 3.05) is 18.6 Å². The number of primary amides is 1. The Kier molecular flexibility index (Phi) is 15.7. The van der Waals surface area contributed by atoms with Crippen LogP contribution in [0, 0.1) is 0 Å². The van der Waals surface area contributed by atoms with Crippen molar-refractivity contribution in [3.63, 3.8) is 0 Å². The number of carbonyl (C=O) groups excluding carboxylic acids is 4. The van der Waals surface area contributed by atoms with Crippen LogP contribution in [0.4, 0.5) is 0 Å². The van der Waals surface area contributed by atoms with Crippen LogP contribution in [0.1, 0.15) is 44.1 Å². The lowest BCUT2D eigenvalue weighted by Crippen LogP contribution is -2.57. The average Bonchev–Trinajstić information content (AvgIpc) is 2.88. The van der Waals surface area contributed by atoms with E-state index in [-0.39, 0.29) is 32.1 Å². The van der Waals surface area contributed by atoms with Crippen LogP contribution in [0.25, 0.3) is 0 Å². The van der Waals surface area contributed by atoms with Crippen LogP contribution >= 0.6 is 11.8 Å². The predicted octanol–water partition coefficient (Wildman–Crippen LogP) is -0.757. The molecule has 0 heterocycles. The van der Waals surface area contributed by atoms with Crippen molar-refractivity contribution < 1.29 is 29.1 Å². The number of hydrogen-bond donors (Lipinski definition) is 7. The third kappa shape index (κ3) is 12.9. The van der Waals surface area contributed by atoms with Gasteiger partial charge < -0.3 is 38.3 Å². The van der Waals surface area contributed by atoms with Gasteiger partial charge >= 0.3 is 5.97 Å². The molecule has 0 radical (unpaired) electrons. The van der Waals surface area contributed by atoms with Gasteiger partial charge in [0.05, 0.1) is 6.04 Å². The summed E-state index contributed by atoms with van der Waals surface area (Å²) in [5.74, 6) is -3.14. The second-order valence-electron chi connectivity index (χ2n) is 8.89. The zero-order chi connectivity index (χ0) is 28.5. The molecule has 1 aromatic rings. The van der Waals surface area contributed by atoms with Gasteiger partial charge in [-0.15, -0.1) is 0 Å². The van der Waals surface area contributed by atoms with Gasteiger partial charge in [-0.3, -0.25) is 19.2 Å². The summed E-state index contributed by atoms with van der Waals surface area (Å²) < 4.78 is 0. The maximum atomic E-state index is 13.2. The minimum atomic E-state index is -1.20. The molecule has 1 aromatic carbocycles. The third-order valence-corrected chi connectivity index (χ3v) is 6.40. The fraction of sp³-hybridized carbons (Fsp3) is 0.560. The minimum absolute atomic E-state index is 0.0229. The van der Waals surface area contributed by atoms with E-state index in [0.29, 0.717) is 25.1 Å². The van der Waals surface area contributed by atoms with Gasteiger partial charge in [-0.25, -0.2) is 4.79 Å². The number of nitrogens with two attached hydrogens (primary N) is 3. The van der Waals surface area contributed by atoms with Crippen molar-refractivity contribution in [1.82, 2.24) is 16.0 Å². The molecule has 4 unspecified atom stereocenters. The molecule has 4 amide bonds. The summed E-state index contributed by atoms with van der Waals surface area (Å²) in [7, 11) is 0. The van der Waals surface area contributed by atoms with Gasteiger partial charge in [-0.05, 0) is 56.2 Å². The first-order chi connectivity index (χ1) is 18.1. The maximum absolute atomic E-state index is 13.2. The molecule has 4 atom stereocenters. The largest absolute Gasteiger partial charge is 0.480 e. The van der Waals surface area contributed by atoms with Crippen LogP contribution in [0.15, 0.2) is 30.3 Å². The summed E-state index contributed by atoms with van der Waals surface area (Å²) in [6, 6.07) is 4.61. The summed E-state index contributed by atoms with van der Waals surface area (Å²) in [6.07, 6.45) is 3.51. The van der Waals surface area contributed by atoms with E-state index in [1.807, 2.05) is 6.26 Å². The molecular weight excluding hydrogens is 512 g/mol. The third-order valence-electron chi connectivity index (χ3n) is 5.76. The fourth-order valence-corrected chi connectivity index (χ4v) is 4.04.